The number of hydrogen-bond donors (Lipinski definition) is 2. The van der Waals surface area contributed by atoms with E-state index in [-0.39, 0.29) is 6.42 Å². The van der Waals surface area contributed by atoms with Crippen molar-refractivity contribution in [2.45, 2.75) is 18.6 Å². The van der Waals surface area contributed by atoms with E-state index in [4.69, 9.17) is 10.2 Å². The minimum Gasteiger partial charge on any atom is -0.451 e. The highest BCUT2D eigenvalue weighted by Gasteiger charge is 2.34. The lowest BCUT2D eigenvalue weighted by Gasteiger charge is -2.24. The number of aliphatic hydroxyl groups excluding tert-OH is 2. The number of ether oxygens (including phenoxy) is 1. The molecule has 1 aliphatic heterocycles. The van der Waals surface area contributed by atoms with Crippen molar-refractivity contribution in [1.29, 1.82) is 0 Å². The van der Waals surface area contributed by atoms with Crippen molar-refractivity contribution in [1.82, 2.24) is 0 Å². The molecule has 11 heavy (non-hydrogen) atoms. The lowest BCUT2D eigenvalue weighted by molar-refractivity contribution is -0.173. The van der Waals surface area contributed by atoms with Crippen molar-refractivity contribution >= 4 is 11.8 Å². The number of ketones is 1. The number of aliphatic hydroxyl groups is 2. The first-order valence-electron chi connectivity index (χ1n) is 3.18. The number of carbonyl (C=O) groups excluding carboxylic acids is 2. The molecule has 1 fully saturated rings. The number of esters is 1. The van der Waals surface area contributed by atoms with Crippen LogP contribution in [0.2, 0.25) is 0 Å². The molecule has 2 unspecified atom stereocenters. The number of cyclic esters (lactones) is 1. The fraction of sp³-hybridized carbons (Fsp3) is 0.667. The lowest BCUT2D eigenvalue weighted by atomic mass is 10.1. The van der Waals surface area contributed by atoms with E-state index in [2.05, 4.69) is 4.74 Å². The zero-order chi connectivity index (χ0) is 8.43. The van der Waals surface area contributed by atoms with Crippen LogP contribution in [0.3, 0.4) is 0 Å². The van der Waals surface area contributed by atoms with E-state index in [0.29, 0.717) is 0 Å². The van der Waals surface area contributed by atoms with Crippen molar-refractivity contribution in [3.05, 3.63) is 0 Å². The second-order valence-corrected chi connectivity index (χ2v) is 2.32. The van der Waals surface area contributed by atoms with Crippen LogP contribution in [0, 0.1) is 0 Å². The molecule has 0 saturated carbocycles. The number of hydrogen-bond acceptors (Lipinski definition) is 5. The van der Waals surface area contributed by atoms with Crippen LogP contribution in [0.4, 0.5) is 0 Å². The van der Waals surface area contributed by atoms with Gasteiger partial charge in [0.05, 0.1) is 6.61 Å². The summed E-state index contributed by atoms with van der Waals surface area (Å²) in [5, 5.41) is 17.5. The van der Waals surface area contributed by atoms with E-state index in [1.165, 1.54) is 0 Å². The third kappa shape index (κ3) is 1.55. The molecule has 62 valence electrons. The molecule has 5 heteroatoms. The molecule has 1 aliphatic rings. The first-order valence-corrected chi connectivity index (χ1v) is 3.18. The topological polar surface area (TPSA) is 83.8 Å². The third-order valence-electron chi connectivity index (χ3n) is 1.49. The molecule has 0 spiro atoms. The summed E-state index contributed by atoms with van der Waals surface area (Å²) in [6, 6.07) is 0. The summed E-state index contributed by atoms with van der Waals surface area (Å²) in [5.74, 6) is -1.73. The minimum atomic E-state index is -1.06. The summed E-state index contributed by atoms with van der Waals surface area (Å²) in [7, 11) is 0. The molecule has 0 radical (unpaired) electrons. The molecule has 0 aliphatic carbocycles. The molecule has 0 aromatic heterocycles. The maximum atomic E-state index is 10.5. The van der Waals surface area contributed by atoms with E-state index in [9.17, 15) is 9.59 Å². The molecule has 1 heterocycles. The Morgan fingerprint density at radius 1 is 1.55 bits per heavy atom. The van der Waals surface area contributed by atoms with Gasteiger partial charge in [0.25, 0.3) is 0 Å². The smallest absolute Gasteiger partial charge is 0.375 e. The average Bonchev–Trinajstić information content (AvgIpc) is 1.97. The van der Waals surface area contributed by atoms with Crippen LogP contribution < -0.4 is 0 Å². The first-order chi connectivity index (χ1) is 5.15. The van der Waals surface area contributed by atoms with E-state index >= 15 is 0 Å². The van der Waals surface area contributed by atoms with Gasteiger partial charge in [0, 0.05) is 6.42 Å². The van der Waals surface area contributed by atoms with Crippen molar-refractivity contribution in [2.24, 2.45) is 0 Å². The molecule has 1 rings (SSSR count). The second kappa shape index (κ2) is 2.98. The highest BCUT2D eigenvalue weighted by atomic mass is 16.6. The summed E-state index contributed by atoms with van der Waals surface area (Å²) in [4.78, 5) is 21.1. The molecule has 0 bridgehead atoms. The Morgan fingerprint density at radius 2 is 2.18 bits per heavy atom. The molecule has 0 aromatic rings. The summed E-state index contributed by atoms with van der Waals surface area (Å²) < 4.78 is 4.37. The van der Waals surface area contributed by atoms with E-state index < -0.39 is 30.6 Å². The second-order valence-electron chi connectivity index (χ2n) is 2.32. The van der Waals surface area contributed by atoms with Gasteiger partial charge in [-0.15, -0.1) is 0 Å². The van der Waals surface area contributed by atoms with Crippen LogP contribution in [0.5, 0.6) is 0 Å². The molecule has 2 N–H and O–H groups in total. The zero-order valence-electron chi connectivity index (χ0n) is 5.69. The van der Waals surface area contributed by atoms with Gasteiger partial charge in [-0.1, -0.05) is 0 Å². The Hall–Kier alpha value is -0.940. The summed E-state index contributed by atoms with van der Waals surface area (Å²) in [6.07, 6.45) is -2.27. The Bertz CT molecular complexity index is 187. The van der Waals surface area contributed by atoms with E-state index in [1.54, 1.807) is 0 Å². The van der Waals surface area contributed by atoms with Crippen LogP contribution in [0.15, 0.2) is 0 Å². The maximum Gasteiger partial charge on any atom is 0.375 e. The fourth-order valence-electron chi connectivity index (χ4n) is 0.845. The largest absolute Gasteiger partial charge is 0.451 e. The predicted octanol–water partition coefficient (Wildman–Crippen LogP) is -1.78. The zero-order valence-corrected chi connectivity index (χ0v) is 5.69. The highest BCUT2D eigenvalue weighted by molar-refractivity contribution is 6.34. The number of rotatable bonds is 1. The third-order valence-corrected chi connectivity index (χ3v) is 1.49. The van der Waals surface area contributed by atoms with Gasteiger partial charge >= 0.3 is 5.97 Å². The Morgan fingerprint density at radius 3 is 2.73 bits per heavy atom. The Kier molecular flexibility index (Phi) is 2.21. The normalized spacial score (nSPS) is 31.8. The molecule has 5 nitrogen and oxygen atoms in total. The predicted molar refractivity (Wildman–Crippen MR) is 32.6 cm³/mol. The average molecular weight is 160 g/mol. The monoisotopic (exact) mass is 160 g/mol. The standard InChI is InChI=1S/C6H8O5/c7-2-5-3(8)1-4(9)6(10)11-5/h3,5,7-8H,1-2H2. The Labute approximate surface area is 62.6 Å². The minimum absolute atomic E-state index is 0.260. The molecular weight excluding hydrogens is 152 g/mol. The van der Waals surface area contributed by atoms with Crippen LogP contribution >= 0.6 is 0 Å². The summed E-state index contributed by atoms with van der Waals surface area (Å²) in [5.41, 5.74) is 0. The van der Waals surface area contributed by atoms with Gasteiger partial charge in [0.15, 0.2) is 6.10 Å². The van der Waals surface area contributed by atoms with E-state index in [1.807, 2.05) is 0 Å². The van der Waals surface area contributed by atoms with Gasteiger partial charge in [0.1, 0.15) is 6.10 Å². The van der Waals surface area contributed by atoms with Gasteiger partial charge in [-0.2, -0.15) is 0 Å². The first kappa shape index (κ1) is 8.16. The Balaban J connectivity index is 2.62. The SMILES string of the molecule is O=C1CC(O)C(CO)OC1=O. The highest BCUT2D eigenvalue weighted by Crippen LogP contribution is 2.11. The molecule has 0 amide bonds. The molecule has 2 atom stereocenters. The molecular formula is C6H8O5. The molecule has 0 aromatic carbocycles. The van der Waals surface area contributed by atoms with Crippen LogP contribution in [-0.4, -0.2) is 40.8 Å². The summed E-state index contributed by atoms with van der Waals surface area (Å²) in [6.45, 7) is -0.458. The summed E-state index contributed by atoms with van der Waals surface area (Å²) >= 11 is 0. The van der Waals surface area contributed by atoms with Gasteiger partial charge < -0.3 is 14.9 Å². The van der Waals surface area contributed by atoms with Crippen molar-refractivity contribution < 1.29 is 24.5 Å². The lowest BCUT2D eigenvalue weighted by Crippen LogP contribution is -2.44. The van der Waals surface area contributed by atoms with Gasteiger partial charge in [-0.3, -0.25) is 4.79 Å². The van der Waals surface area contributed by atoms with Gasteiger partial charge in [-0.05, 0) is 0 Å². The van der Waals surface area contributed by atoms with Crippen molar-refractivity contribution in [3.63, 3.8) is 0 Å². The van der Waals surface area contributed by atoms with Crippen LogP contribution in [0.1, 0.15) is 6.42 Å². The van der Waals surface area contributed by atoms with Crippen LogP contribution in [0.25, 0.3) is 0 Å². The van der Waals surface area contributed by atoms with Crippen molar-refractivity contribution in [3.8, 4) is 0 Å². The quantitative estimate of drug-likeness (QED) is 0.350. The fourth-order valence-corrected chi connectivity index (χ4v) is 0.845. The van der Waals surface area contributed by atoms with Gasteiger partial charge in [0.2, 0.25) is 5.78 Å². The van der Waals surface area contributed by atoms with E-state index in [0.717, 1.165) is 0 Å². The molecule has 1 saturated heterocycles. The van der Waals surface area contributed by atoms with Crippen molar-refractivity contribution in [2.75, 3.05) is 6.61 Å². The maximum absolute atomic E-state index is 10.5. The van der Waals surface area contributed by atoms with Gasteiger partial charge in [-0.25, -0.2) is 4.79 Å². The van der Waals surface area contributed by atoms with Crippen LogP contribution in [-0.2, 0) is 14.3 Å². The number of carbonyl (C=O) groups is 2. The number of Topliss-reactive ketones (excluding diaryl/α,β-unsaturated/α-hetero) is 1.